The van der Waals surface area contributed by atoms with Crippen molar-refractivity contribution in [2.24, 2.45) is 0 Å². The fraction of sp³-hybridized carbons (Fsp3) is 0.133. The zero-order chi connectivity index (χ0) is 16.2. The fourth-order valence-electron chi connectivity index (χ4n) is 2.98. The molecule has 2 aromatic carbocycles. The molecule has 1 atom stereocenters. The van der Waals surface area contributed by atoms with Crippen LogP contribution >= 0.6 is 11.6 Å². The number of benzene rings is 2. The van der Waals surface area contributed by atoms with Crippen LogP contribution in [-0.4, -0.2) is 45.0 Å². The Bertz CT molecular complexity index is 789. The van der Waals surface area contributed by atoms with Gasteiger partial charge in [-0.1, -0.05) is 23.2 Å². The van der Waals surface area contributed by atoms with E-state index in [1.165, 1.54) is 0 Å². The van der Waals surface area contributed by atoms with Gasteiger partial charge in [0.2, 0.25) is 0 Å². The lowest BCUT2D eigenvalue weighted by Crippen LogP contribution is -2.56. The van der Waals surface area contributed by atoms with Crippen molar-refractivity contribution in [2.45, 2.75) is 12.3 Å². The van der Waals surface area contributed by atoms with Crippen LogP contribution in [0.25, 0.3) is 0 Å². The largest absolute Gasteiger partial charge is 0.294 e. The first-order chi connectivity index (χ1) is 10.3. The highest BCUT2D eigenvalue weighted by Crippen LogP contribution is 2.37. The summed E-state index contributed by atoms with van der Waals surface area (Å²) >= 11 is 5.96. The molecule has 0 amide bonds. The smallest absolute Gasteiger partial charge is 0.164 e. The predicted molar refractivity (Wildman–Crippen MR) is 95.6 cm³/mol. The third-order valence-corrected chi connectivity index (χ3v) is 4.41. The Balaban J connectivity index is 2.26. The molecular formula is C15H6B5ClO. The van der Waals surface area contributed by atoms with Crippen molar-refractivity contribution in [1.82, 2.24) is 0 Å². The van der Waals surface area contributed by atoms with Crippen molar-refractivity contribution >= 4 is 83.9 Å². The average molecular weight is 292 g/mol. The highest BCUT2D eigenvalue weighted by atomic mass is 35.5. The van der Waals surface area contributed by atoms with Crippen LogP contribution in [0.5, 0.6) is 0 Å². The van der Waals surface area contributed by atoms with Crippen LogP contribution in [0, 0.1) is 0 Å². The second-order valence-corrected chi connectivity index (χ2v) is 5.83. The molecule has 22 heavy (non-hydrogen) atoms. The normalized spacial score (nSPS) is 16.8. The number of ketones is 1. The molecule has 1 nitrogen and oxygen atoms in total. The van der Waals surface area contributed by atoms with Gasteiger partial charge in [0.1, 0.15) is 39.2 Å². The van der Waals surface area contributed by atoms with Crippen LogP contribution in [-0.2, 0) is 0 Å². The maximum absolute atomic E-state index is 12.2. The summed E-state index contributed by atoms with van der Waals surface area (Å²) in [4.78, 5) is 12.2. The Morgan fingerprint density at radius 1 is 0.909 bits per heavy atom. The average Bonchev–Trinajstić information content (AvgIpc) is 2.80. The summed E-state index contributed by atoms with van der Waals surface area (Å²) < 4.78 is 0. The van der Waals surface area contributed by atoms with Crippen LogP contribution < -0.4 is 27.3 Å². The maximum atomic E-state index is 12.2. The Morgan fingerprint density at radius 3 is 2.05 bits per heavy atom. The molecule has 0 saturated heterocycles. The van der Waals surface area contributed by atoms with Crippen molar-refractivity contribution in [3.63, 3.8) is 0 Å². The Morgan fingerprint density at radius 2 is 1.45 bits per heavy atom. The van der Waals surface area contributed by atoms with E-state index in [1.54, 1.807) is 18.2 Å². The van der Waals surface area contributed by atoms with Gasteiger partial charge in [0.25, 0.3) is 0 Å². The van der Waals surface area contributed by atoms with Gasteiger partial charge in [-0.05, 0) is 17.7 Å². The van der Waals surface area contributed by atoms with Crippen molar-refractivity contribution in [2.75, 3.05) is 0 Å². The molecule has 10 radical (unpaired) electrons. The van der Waals surface area contributed by atoms with Gasteiger partial charge in [0, 0.05) is 22.9 Å². The van der Waals surface area contributed by atoms with E-state index in [4.69, 9.17) is 50.8 Å². The lowest BCUT2D eigenvalue weighted by molar-refractivity contribution is 0.0991. The van der Waals surface area contributed by atoms with Gasteiger partial charge in [0.05, 0.1) is 0 Å². The van der Waals surface area contributed by atoms with E-state index in [0.29, 0.717) is 16.1 Å². The van der Waals surface area contributed by atoms with Gasteiger partial charge in [-0.2, -0.15) is 0 Å². The lowest BCUT2D eigenvalue weighted by Gasteiger charge is -2.25. The third-order valence-electron chi connectivity index (χ3n) is 4.17. The summed E-state index contributed by atoms with van der Waals surface area (Å²) in [6.07, 6.45) is 0.243. The molecule has 0 aliphatic heterocycles. The molecule has 2 aromatic rings. The molecule has 0 heterocycles. The van der Waals surface area contributed by atoms with Crippen molar-refractivity contribution < 1.29 is 4.79 Å². The molecule has 1 aliphatic carbocycles. The fourth-order valence-corrected chi connectivity index (χ4v) is 3.15. The van der Waals surface area contributed by atoms with Gasteiger partial charge in [-0.3, -0.25) is 4.79 Å². The maximum Gasteiger partial charge on any atom is 0.164 e. The minimum atomic E-state index is -0.301. The van der Waals surface area contributed by atoms with Crippen LogP contribution in [0.2, 0.25) is 5.02 Å². The number of hydrogen-bond donors (Lipinski definition) is 0. The van der Waals surface area contributed by atoms with E-state index in [2.05, 4.69) is 0 Å². The molecule has 0 spiro atoms. The van der Waals surface area contributed by atoms with E-state index >= 15 is 0 Å². The number of Topliss-reactive ketones (excluding diaryl/α,β-unsaturated/α-hetero) is 1. The first-order valence-electron chi connectivity index (χ1n) is 6.66. The molecule has 94 valence electrons. The second-order valence-electron chi connectivity index (χ2n) is 5.39. The summed E-state index contributed by atoms with van der Waals surface area (Å²) in [5.41, 5.74) is 3.03. The number of halogens is 1. The second kappa shape index (κ2) is 5.42. The summed E-state index contributed by atoms with van der Waals surface area (Å²) in [5, 5.41) is 0.505. The number of carbonyl (C=O) groups is 1. The molecule has 7 heteroatoms. The van der Waals surface area contributed by atoms with Crippen LogP contribution in [0.1, 0.15) is 33.8 Å². The summed E-state index contributed by atoms with van der Waals surface area (Å²) in [7, 11) is 29.8. The van der Waals surface area contributed by atoms with E-state index < -0.39 is 0 Å². The molecule has 0 bridgehead atoms. The predicted octanol–water partition coefficient (Wildman–Crippen LogP) is -1.97. The molecule has 0 N–H and O–H groups in total. The minimum Gasteiger partial charge on any atom is -0.294 e. The van der Waals surface area contributed by atoms with Gasteiger partial charge in [-0.15, -0.1) is 27.3 Å². The first kappa shape index (κ1) is 15.6. The summed E-state index contributed by atoms with van der Waals surface area (Å²) in [5.74, 6) is -0.319. The Kier molecular flexibility index (Phi) is 3.85. The van der Waals surface area contributed by atoms with Crippen molar-refractivity contribution in [3.8, 4) is 0 Å². The number of rotatable bonds is 1. The lowest BCUT2D eigenvalue weighted by atomic mass is 9.58. The van der Waals surface area contributed by atoms with Crippen LogP contribution in [0.15, 0.2) is 18.2 Å². The first-order valence-corrected chi connectivity index (χ1v) is 7.04. The molecule has 1 unspecified atom stereocenters. The summed E-state index contributed by atoms with van der Waals surface area (Å²) in [6, 6.07) is 5.17. The van der Waals surface area contributed by atoms with Gasteiger partial charge in [0.15, 0.2) is 5.78 Å². The molecule has 0 fully saturated rings. The Labute approximate surface area is 141 Å². The van der Waals surface area contributed by atoms with Gasteiger partial charge >= 0.3 is 0 Å². The monoisotopic (exact) mass is 292 g/mol. The number of carbonyl (C=O) groups excluding carboxylic acids is 1. The van der Waals surface area contributed by atoms with Gasteiger partial charge < -0.3 is 0 Å². The Hall–Kier alpha value is -1.28. The van der Waals surface area contributed by atoms with Crippen molar-refractivity contribution in [3.05, 3.63) is 39.9 Å². The highest BCUT2D eigenvalue weighted by molar-refractivity contribution is 6.67. The zero-order valence-corrected chi connectivity index (χ0v) is 12.4. The van der Waals surface area contributed by atoms with Crippen molar-refractivity contribution in [1.29, 1.82) is 0 Å². The number of hydrogen-bond acceptors (Lipinski definition) is 1. The van der Waals surface area contributed by atoms with E-state index in [9.17, 15) is 4.79 Å². The molecule has 1 aliphatic rings. The topological polar surface area (TPSA) is 17.1 Å². The van der Waals surface area contributed by atoms with E-state index in [1.807, 2.05) is 0 Å². The highest BCUT2D eigenvalue weighted by Gasteiger charge is 2.32. The number of fused-ring (bicyclic) bond motifs is 1. The standard InChI is InChI=1S/C15H6B5ClO/c16-11-10(12(17)14(19)15(20)13(11)18)8-4-9(22)7-3-5(21)1-2-6(7)8/h1-3,8H,4H2. The molecule has 0 saturated carbocycles. The third kappa shape index (κ3) is 2.20. The molecule has 0 aromatic heterocycles. The minimum absolute atomic E-state index is 0.0183. The summed E-state index contributed by atoms with van der Waals surface area (Å²) in [6.45, 7) is 0. The van der Waals surface area contributed by atoms with Crippen LogP contribution in [0.4, 0.5) is 0 Å². The van der Waals surface area contributed by atoms with E-state index in [-0.39, 0.29) is 45.4 Å². The van der Waals surface area contributed by atoms with E-state index in [0.717, 1.165) is 5.56 Å². The quantitative estimate of drug-likeness (QED) is 0.557. The SMILES string of the molecule is [B]c1c([B])c([B])c(C2CC(=O)c3cc(Cl)ccc32)c([B])c1[B]. The van der Waals surface area contributed by atoms with Gasteiger partial charge in [-0.25, -0.2) is 0 Å². The molecule has 3 rings (SSSR count). The van der Waals surface area contributed by atoms with Crippen LogP contribution in [0.3, 0.4) is 0 Å². The zero-order valence-electron chi connectivity index (χ0n) is 11.7. The molecular weight excluding hydrogens is 286 g/mol.